The molecule has 3 aromatic heterocycles. The van der Waals surface area contributed by atoms with Crippen LogP contribution in [0.1, 0.15) is 0 Å². The summed E-state index contributed by atoms with van der Waals surface area (Å²) in [5, 5.41) is 37.2. The van der Waals surface area contributed by atoms with Gasteiger partial charge in [0.05, 0.1) is 0 Å². The summed E-state index contributed by atoms with van der Waals surface area (Å²) in [5.74, 6) is -1.19. The number of fused-ring (bicyclic) bond motifs is 2. The van der Waals surface area contributed by atoms with E-state index in [4.69, 9.17) is 10.2 Å². The van der Waals surface area contributed by atoms with Crippen molar-refractivity contribution in [2.45, 2.75) is 0 Å². The zero-order chi connectivity index (χ0) is 12.9. The first kappa shape index (κ1) is 14.0. The monoisotopic (exact) mass is 287 g/mol. The van der Waals surface area contributed by atoms with Gasteiger partial charge in [-0.05, 0) is 0 Å². The Hall–Kier alpha value is -1.40. The summed E-state index contributed by atoms with van der Waals surface area (Å²) in [6.45, 7) is 0. The molecule has 0 saturated carbocycles. The fraction of sp³-hybridized carbons (Fsp3) is 0. The molecule has 0 unspecified atom stereocenters. The minimum absolute atomic E-state index is 0. The standard InChI is InChI=1S/C8H4N6O4.K/c15-5-1-3(11-7(17)13-5)10-2-4(9-1)12-8(18)14-6(2)16;/h(H2,9,12,14,16,18)(H2,10,11,13,15,17);. The first-order chi connectivity index (χ1) is 8.54. The zero-order valence-electron chi connectivity index (χ0n) is 9.47. The molecule has 4 N–H and O–H groups in total. The molecule has 11 heteroatoms. The van der Waals surface area contributed by atoms with Crippen molar-refractivity contribution in [3.63, 3.8) is 0 Å². The fourth-order valence-electron chi connectivity index (χ4n) is 1.41. The molecule has 0 spiro atoms. The molecule has 0 aliphatic heterocycles. The van der Waals surface area contributed by atoms with Crippen LogP contribution in [0, 0.1) is 0 Å². The van der Waals surface area contributed by atoms with Gasteiger partial charge >= 0.3 is 12.0 Å². The molecule has 0 atom stereocenters. The Morgan fingerprint density at radius 3 is 1.26 bits per heavy atom. The summed E-state index contributed by atoms with van der Waals surface area (Å²) in [6.07, 6.45) is 0. The first-order valence-electron chi connectivity index (χ1n) is 4.58. The van der Waals surface area contributed by atoms with Gasteiger partial charge in [-0.2, -0.15) is 19.9 Å². The Labute approximate surface area is 146 Å². The van der Waals surface area contributed by atoms with Crippen LogP contribution in [0.4, 0.5) is 0 Å². The predicted molar refractivity (Wildman–Crippen MR) is 60.6 cm³/mol. The van der Waals surface area contributed by atoms with Crippen molar-refractivity contribution in [2.24, 2.45) is 0 Å². The average molecular weight is 287 g/mol. The molecule has 0 amide bonds. The average Bonchev–Trinajstić information content (AvgIpc) is 2.27. The molecule has 91 valence electrons. The van der Waals surface area contributed by atoms with Crippen molar-refractivity contribution in [3.8, 4) is 23.8 Å². The van der Waals surface area contributed by atoms with Gasteiger partial charge in [0.25, 0.3) is 0 Å². The Morgan fingerprint density at radius 1 is 0.526 bits per heavy atom. The summed E-state index contributed by atoms with van der Waals surface area (Å²) in [7, 11) is 0. The molecule has 0 aromatic carbocycles. The predicted octanol–water partition coefficient (Wildman–Crippen LogP) is -1.20. The van der Waals surface area contributed by atoms with E-state index in [1.54, 1.807) is 0 Å². The molecular formula is C8H4KN6O4. The summed E-state index contributed by atoms with van der Waals surface area (Å²) in [6, 6.07) is -1.37. The van der Waals surface area contributed by atoms with Gasteiger partial charge in [-0.25, -0.2) is 9.97 Å². The van der Waals surface area contributed by atoms with Crippen LogP contribution in [0.25, 0.3) is 22.3 Å². The largest absolute Gasteiger partial charge is 0.492 e. The van der Waals surface area contributed by atoms with Gasteiger partial charge < -0.3 is 20.4 Å². The van der Waals surface area contributed by atoms with Crippen LogP contribution in [0.5, 0.6) is 23.8 Å². The van der Waals surface area contributed by atoms with E-state index < -0.39 is 23.8 Å². The van der Waals surface area contributed by atoms with Crippen molar-refractivity contribution >= 4 is 73.7 Å². The van der Waals surface area contributed by atoms with Crippen LogP contribution in [-0.2, 0) is 0 Å². The molecule has 0 aliphatic rings. The Bertz CT molecular complexity index is 730. The quantitative estimate of drug-likeness (QED) is 0.292. The van der Waals surface area contributed by atoms with Gasteiger partial charge in [0.2, 0.25) is 11.8 Å². The van der Waals surface area contributed by atoms with E-state index >= 15 is 0 Å². The van der Waals surface area contributed by atoms with Gasteiger partial charge in [-0.15, -0.1) is 0 Å². The minimum atomic E-state index is -0.687. The molecule has 3 heterocycles. The van der Waals surface area contributed by atoms with E-state index in [2.05, 4.69) is 29.9 Å². The van der Waals surface area contributed by atoms with Crippen LogP contribution < -0.4 is 0 Å². The Morgan fingerprint density at radius 2 is 0.895 bits per heavy atom. The maximum Gasteiger partial charge on any atom is 0.319 e. The summed E-state index contributed by atoms with van der Waals surface area (Å²) in [5.41, 5.74) is -0.537. The Kier molecular flexibility index (Phi) is 3.64. The number of hydrogen-bond donors (Lipinski definition) is 4. The molecule has 0 fully saturated rings. The maximum absolute atomic E-state index is 9.47. The second-order valence-electron chi connectivity index (χ2n) is 3.26. The van der Waals surface area contributed by atoms with E-state index in [0.717, 1.165) is 0 Å². The smallest absolute Gasteiger partial charge is 0.319 e. The number of aromatic hydroxyl groups is 4. The summed E-state index contributed by atoms with van der Waals surface area (Å²) < 4.78 is 0. The van der Waals surface area contributed by atoms with Crippen LogP contribution in [0.3, 0.4) is 0 Å². The SMILES string of the molecule is Oc1nc(O)c2nc3nc(O)nc(O)c3nc2n1.[K]. The molecule has 0 bridgehead atoms. The molecule has 3 aromatic rings. The number of rotatable bonds is 0. The molecule has 0 saturated heterocycles. The first-order valence-corrected chi connectivity index (χ1v) is 4.58. The minimum Gasteiger partial charge on any atom is -0.492 e. The van der Waals surface area contributed by atoms with Crippen molar-refractivity contribution in [1.29, 1.82) is 0 Å². The van der Waals surface area contributed by atoms with Crippen molar-refractivity contribution in [1.82, 2.24) is 29.9 Å². The molecule has 1 radical (unpaired) electrons. The third kappa shape index (κ3) is 2.37. The second-order valence-corrected chi connectivity index (χ2v) is 3.26. The number of nitrogens with zero attached hydrogens (tertiary/aromatic N) is 6. The van der Waals surface area contributed by atoms with Crippen molar-refractivity contribution in [3.05, 3.63) is 0 Å². The molecule has 19 heavy (non-hydrogen) atoms. The van der Waals surface area contributed by atoms with E-state index in [-0.39, 0.29) is 73.7 Å². The third-order valence-electron chi connectivity index (χ3n) is 2.11. The van der Waals surface area contributed by atoms with Crippen LogP contribution in [0.2, 0.25) is 0 Å². The van der Waals surface area contributed by atoms with E-state index in [1.165, 1.54) is 0 Å². The van der Waals surface area contributed by atoms with E-state index in [9.17, 15) is 10.2 Å². The van der Waals surface area contributed by atoms with Crippen molar-refractivity contribution in [2.75, 3.05) is 0 Å². The second kappa shape index (κ2) is 4.94. The summed E-state index contributed by atoms with van der Waals surface area (Å²) >= 11 is 0. The van der Waals surface area contributed by atoms with Crippen LogP contribution >= 0.6 is 0 Å². The van der Waals surface area contributed by atoms with Gasteiger partial charge in [0.15, 0.2) is 22.3 Å². The molecular weight excluding hydrogens is 283 g/mol. The van der Waals surface area contributed by atoms with Gasteiger partial charge in [-0.1, -0.05) is 0 Å². The van der Waals surface area contributed by atoms with Gasteiger partial charge in [-0.3, -0.25) is 0 Å². The fourth-order valence-corrected chi connectivity index (χ4v) is 1.41. The van der Waals surface area contributed by atoms with Crippen LogP contribution in [-0.4, -0.2) is 102 Å². The third-order valence-corrected chi connectivity index (χ3v) is 2.11. The number of hydrogen-bond acceptors (Lipinski definition) is 10. The molecule has 0 aliphatic carbocycles. The summed E-state index contributed by atoms with van der Waals surface area (Å²) in [4.78, 5) is 21.3. The molecule has 10 nitrogen and oxygen atoms in total. The van der Waals surface area contributed by atoms with E-state index in [0.29, 0.717) is 0 Å². The van der Waals surface area contributed by atoms with Crippen molar-refractivity contribution < 1.29 is 20.4 Å². The maximum atomic E-state index is 9.47. The normalized spacial score (nSPS) is 10.5. The Balaban J connectivity index is 0.00000133. The van der Waals surface area contributed by atoms with Gasteiger partial charge in [0, 0.05) is 51.4 Å². The zero-order valence-corrected chi connectivity index (χ0v) is 12.6. The van der Waals surface area contributed by atoms with Gasteiger partial charge in [0.1, 0.15) is 0 Å². The topological polar surface area (TPSA) is 158 Å². The molecule has 3 rings (SSSR count). The van der Waals surface area contributed by atoms with Crippen LogP contribution in [0.15, 0.2) is 0 Å². The number of aromatic nitrogens is 6. The van der Waals surface area contributed by atoms with E-state index in [1.807, 2.05) is 0 Å².